The minimum atomic E-state index is -0.400. The predicted molar refractivity (Wildman–Crippen MR) is 105 cm³/mol. The number of hydrogen-bond donors (Lipinski definition) is 0. The van der Waals surface area contributed by atoms with E-state index in [1.807, 2.05) is 35.2 Å². The number of aromatic nitrogens is 3. The highest BCUT2D eigenvalue weighted by Crippen LogP contribution is 2.25. The van der Waals surface area contributed by atoms with Gasteiger partial charge in [-0.2, -0.15) is 11.3 Å². The maximum absolute atomic E-state index is 12.2. The summed E-state index contributed by atoms with van der Waals surface area (Å²) in [6.45, 7) is 1.86. The Morgan fingerprint density at radius 1 is 1.19 bits per heavy atom. The molecule has 8 heteroatoms. The van der Waals surface area contributed by atoms with Gasteiger partial charge in [-0.25, -0.2) is 9.97 Å². The van der Waals surface area contributed by atoms with Gasteiger partial charge in [0.1, 0.15) is 17.3 Å². The minimum absolute atomic E-state index is 0.0417. The molecule has 4 aromatic heterocycles. The van der Waals surface area contributed by atoms with Crippen molar-refractivity contribution in [3.8, 4) is 10.6 Å². The molecule has 0 aliphatic heterocycles. The molecule has 0 N–H and O–H groups in total. The maximum Gasteiger partial charge on any atom is 0.312 e. The molecule has 0 aliphatic rings. The first-order valence-electron chi connectivity index (χ1n) is 8.20. The summed E-state index contributed by atoms with van der Waals surface area (Å²) in [5.41, 5.74) is 3.45. The van der Waals surface area contributed by atoms with Crippen LogP contribution in [0, 0.1) is 6.92 Å². The molecule has 0 spiro atoms. The van der Waals surface area contributed by atoms with Crippen molar-refractivity contribution in [3.63, 3.8) is 0 Å². The number of nitrogens with zero attached hydrogens (tertiary/aromatic N) is 3. The smallest absolute Gasteiger partial charge is 0.312 e. The highest BCUT2D eigenvalue weighted by molar-refractivity contribution is 7.14. The summed E-state index contributed by atoms with van der Waals surface area (Å²) in [6.07, 6.45) is 1.82. The summed E-state index contributed by atoms with van der Waals surface area (Å²) in [7, 11) is 0. The molecule has 4 rings (SSSR count). The van der Waals surface area contributed by atoms with Crippen LogP contribution in [-0.4, -0.2) is 20.3 Å². The fourth-order valence-corrected chi connectivity index (χ4v) is 4.12. The third kappa shape index (κ3) is 3.96. The molecule has 0 saturated heterocycles. The van der Waals surface area contributed by atoms with Crippen LogP contribution in [0.4, 0.5) is 0 Å². The molecule has 136 valence electrons. The van der Waals surface area contributed by atoms with Gasteiger partial charge in [-0.05, 0) is 30.0 Å². The van der Waals surface area contributed by atoms with Crippen LogP contribution >= 0.6 is 22.7 Å². The van der Waals surface area contributed by atoms with E-state index in [0.717, 1.165) is 16.1 Å². The second kappa shape index (κ2) is 7.42. The van der Waals surface area contributed by atoms with Gasteiger partial charge in [-0.15, -0.1) is 11.3 Å². The van der Waals surface area contributed by atoms with Crippen molar-refractivity contribution in [2.45, 2.75) is 20.0 Å². The Morgan fingerprint density at radius 2 is 2.07 bits per heavy atom. The summed E-state index contributed by atoms with van der Waals surface area (Å²) in [5, 5.41) is 6.76. The van der Waals surface area contributed by atoms with Crippen LogP contribution in [0.1, 0.15) is 17.0 Å². The first-order valence-corrected chi connectivity index (χ1v) is 10.0. The minimum Gasteiger partial charge on any atom is -0.459 e. The number of fused-ring (bicyclic) bond motifs is 1. The van der Waals surface area contributed by atoms with Gasteiger partial charge in [0, 0.05) is 28.6 Å². The average molecular weight is 397 g/mol. The van der Waals surface area contributed by atoms with Gasteiger partial charge in [-0.3, -0.25) is 14.0 Å². The maximum atomic E-state index is 12.2. The Hall–Kier alpha value is -2.84. The van der Waals surface area contributed by atoms with E-state index in [4.69, 9.17) is 4.74 Å². The molecule has 0 saturated carbocycles. The molecule has 0 unspecified atom stereocenters. The first kappa shape index (κ1) is 17.6. The summed E-state index contributed by atoms with van der Waals surface area (Å²) >= 11 is 3.11. The third-order valence-electron chi connectivity index (χ3n) is 3.89. The van der Waals surface area contributed by atoms with Gasteiger partial charge in [0.15, 0.2) is 0 Å². The van der Waals surface area contributed by atoms with Crippen LogP contribution in [0.15, 0.2) is 51.4 Å². The van der Waals surface area contributed by atoms with Gasteiger partial charge < -0.3 is 4.74 Å². The van der Waals surface area contributed by atoms with Gasteiger partial charge >= 0.3 is 5.97 Å². The van der Waals surface area contributed by atoms with Crippen LogP contribution in [0.5, 0.6) is 0 Å². The lowest BCUT2D eigenvalue weighted by Crippen LogP contribution is -2.17. The molecule has 0 radical (unpaired) electrons. The van der Waals surface area contributed by atoms with Gasteiger partial charge in [0.25, 0.3) is 5.56 Å². The van der Waals surface area contributed by atoms with Crippen LogP contribution in [0.3, 0.4) is 0 Å². The zero-order chi connectivity index (χ0) is 18.8. The van der Waals surface area contributed by atoms with E-state index in [-0.39, 0.29) is 18.6 Å². The lowest BCUT2D eigenvalue weighted by molar-refractivity contribution is -0.144. The molecular weight excluding hydrogens is 382 g/mol. The van der Waals surface area contributed by atoms with E-state index < -0.39 is 5.97 Å². The normalized spacial score (nSPS) is 11.0. The van der Waals surface area contributed by atoms with Crippen molar-refractivity contribution in [2.24, 2.45) is 0 Å². The lowest BCUT2D eigenvalue weighted by atomic mass is 10.3. The number of carbonyl (C=O) groups excluding carboxylic acids is 1. The molecule has 6 nitrogen and oxygen atoms in total. The number of thiazole rings is 1. The van der Waals surface area contributed by atoms with Gasteiger partial charge in [-0.1, -0.05) is 6.07 Å². The second-order valence-electron chi connectivity index (χ2n) is 6.01. The molecule has 4 aromatic rings. The molecule has 0 amide bonds. The Balaban J connectivity index is 1.41. The van der Waals surface area contributed by atoms with Gasteiger partial charge in [0.2, 0.25) is 0 Å². The van der Waals surface area contributed by atoms with Crippen molar-refractivity contribution in [1.29, 1.82) is 0 Å². The summed E-state index contributed by atoms with van der Waals surface area (Å²) in [6, 6.07) is 7.03. The fourth-order valence-electron chi connectivity index (χ4n) is 2.59. The molecule has 0 fully saturated rings. The van der Waals surface area contributed by atoms with Gasteiger partial charge in [0.05, 0.1) is 17.8 Å². The zero-order valence-corrected chi connectivity index (χ0v) is 16.0. The van der Waals surface area contributed by atoms with Crippen molar-refractivity contribution >= 4 is 34.3 Å². The van der Waals surface area contributed by atoms with Crippen molar-refractivity contribution in [2.75, 3.05) is 0 Å². The van der Waals surface area contributed by atoms with E-state index in [1.54, 1.807) is 23.6 Å². The predicted octanol–water partition coefficient (Wildman–Crippen LogP) is 3.47. The first-order chi connectivity index (χ1) is 13.1. The highest BCUT2D eigenvalue weighted by Gasteiger charge is 2.11. The largest absolute Gasteiger partial charge is 0.459 e. The topological polar surface area (TPSA) is 73.6 Å². The number of thiophene rings is 1. The standard InChI is InChI=1S/C19H15N3O3S2/c1-12-2-3-16-20-14(6-17(23)22(16)8-12)9-25-18(24)7-15-11-27-19(21-15)13-4-5-26-10-13/h2-6,8,10-11H,7,9H2,1H3. The van der Waals surface area contributed by atoms with Crippen molar-refractivity contribution < 1.29 is 9.53 Å². The number of aryl methyl sites for hydroxylation is 1. The number of carbonyl (C=O) groups is 1. The Kier molecular flexibility index (Phi) is 4.83. The molecule has 0 bridgehead atoms. The number of ether oxygens (including phenoxy) is 1. The number of esters is 1. The van der Waals surface area contributed by atoms with Crippen molar-refractivity contribution in [1.82, 2.24) is 14.4 Å². The average Bonchev–Trinajstić information content (AvgIpc) is 3.32. The van der Waals surface area contributed by atoms with Crippen LogP contribution in [-0.2, 0) is 22.6 Å². The highest BCUT2D eigenvalue weighted by atomic mass is 32.1. The van der Waals surface area contributed by atoms with E-state index in [0.29, 0.717) is 17.0 Å². The number of hydrogen-bond acceptors (Lipinski definition) is 7. The monoisotopic (exact) mass is 397 g/mol. The molecule has 0 atom stereocenters. The van der Waals surface area contributed by atoms with E-state index >= 15 is 0 Å². The second-order valence-corrected chi connectivity index (χ2v) is 7.65. The van der Waals surface area contributed by atoms with E-state index in [1.165, 1.54) is 21.8 Å². The van der Waals surface area contributed by atoms with Crippen LogP contribution < -0.4 is 5.56 Å². The Morgan fingerprint density at radius 3 is 2.89 bits per heavy atom. The van der Waals surface area contributed by atoms with Crippen molar-refractivity contribution in [3.05, 3.63) is 73.9 Å². The Labute approximate surface area is 162 Å². The number of rotatable bonds is 5. The molecule has 0 aliphatic carbocycles. The third-order valence-corrected chi connectivity index (χ3v) is 5.51. The van der Waals surface area contributed by atoms with Crippen LogP contribution in [0.2, 0.25) is 0 Å². The summed E-state index contributed by atoms with van der Waals surface area (Å²) < 4.78 is 6.75. The zero-order valence-electron chi connectivity index (χ0n) is 14.4. The number of pyridine rings is 1. The molecule has 4 heterocycles. The quantitative estimate of drug-likeness (QED) is 0.482. The van der Waals surface area contributed by atoms with Crippen LogP contribution in [0.25, 0.3) is 16.2 Å². The molecular formula is C19H15N3O3S2. The summed E-state index contributed by atoms with van der Waals surface area (Å²) in [5.74, 6) is -0.400. The molecule has 0 aromatic carbocycles. The van der Waals surface area contributed by atoms with E-state index in [9.17, 15) is 9.59 Å². The lowest BCUT2D eigenvalue weighted by Gasteiger charge is -2.06. The summed E-state index contributed by atoms with van der Waals surface area (Å²) in [4.78, 5) is 33.1. The van der Waals surface area contributed by atoms with E-state index in [2.05, 4.69) is 9.97 Å². The fraction of sp³-hybridized carbons (Fsp3) is 0.158. The Bertz CT molecular complexity index is 1160. The SMILES string of the molecule is Cc1ccc2nc(COC(=O)Cc3csc(-c4ccsc4)n3)cc(=O)n2c1. The molecule has 27 heavy (non-hydrogen) atoms.